The number of nitro benzene ring substituents is 1. The second kappa shape index (κ2) is 11.8. The highest BCUT2D eigenvalue weighted by molar-refractivity contribution is 8.00. The van der Waals surface area contributed by atoms with Crippen molar-refractivity contribution in [2.45, 2.75) is 42.4 Å². The summed E-state index contributed by atoms with van der Waals surface area (Å²) in [4.78, 5) is 69.3. The molecule has 1 N–H and O–H groups in total. The fourth-order valence-electron chi connectivity index (χ4n) is 5.83. The van der Waals surface area contributed by atoms with E-state index in [-0.39, 0.29) is 28.8 Å². The van der Waals surface area contributed by atoms with Gasteiger partial charge in [0.05, 0.1) is 28.2 Å². The molecule has 2 saturated heterocycles. The number of hydrogen-bond acceptors (Lipinski definition) is 10. The van der Waals surface area contributed by atoms with Crippen molar-refractivity contribution in [3.05, 3.63) is 72.7 Å². The number of nitro groups is 1. The molecule has 0 saturated carbocycles. The van der Waals surface area contributed by atoms with Gasteiger partial charge in [0.2, 0.25) is 11.8 Å². The number of ether oxygens (including phenoxy) is 2. The number of aromatic amines is 1. The van der Waals surface area contributed by atoms with Gasteiger partial charge in [0, 0.05) is 36.0 Å². The maximum atomic E-state index is 14.0. The first kappa shape index (κ1) is 28.9. The maximum Gasteiger partial charge on any atom is 0.305 e. The molecule has 2 unspecified atom stereocenters. The monoisotopic (exact) mass is 624 g/mol. The number of amides is 3. The Balaban J connectivity index is 1.33. The Hall–Kier alpha value is -4.17. The van der Waals surface area contributed by atoms with Gasteiger partial charge in [-0.05, 0) is 56.0 Å². The zero-order valence-electron chi connectivity index (χ0n) is 23.1. The number of rotatable bonds is 8. The van der Waals surface area contributed by atoms with E-state index in [1.807, 2.05) is 6.92 Å². The molecule has 224 valence electrons. The van der Waals surface area contributed by atoms with Gasteiger partial charge >= 0.3 is 4.87 Å². The lowest BCUT2D eigenvalue weighted by atomic mass is 9.83. The average Bonchev–Trinajstić information content (AvgIpc) is 3.50. The summed E-state index contributed by atoms with van der Waals surface area (Å²) in [5.41, 5.74) is 0.732. The highest BCUT2D eigenvalue weighted by Crippen LogP contribution is 2.53. The van der Waals surface area contributed by atoms with Crippen LogP contribution in [-0.2, 0) is 14.4 Å². The number of aromatic nitrogens is 1. The SMILES string of the molecule is CCOc1cc([C@H]2c3sc(=O)[nH]c3SC3C(=O)N(c4ccc([N+](=O)[O-])cc4)C(=O)C32)ccc1OCC(=O)N1CCCCC1. The van der Waals surface area contributed by atoms with Crippen molar-refractivity contribution in [1.29, 1.82) is 0 Å². The van der Waals surface area contributed by atoms with Gasteiger partial charge in [0.1, 0.15) is 5.25 Å². The van der Waals surface area contributed by atoms with E-state index in [0.29, 0.717) is 46.7 Å². The Bertz CT molecular complexity index is 1650. The Morgan fingerprint density at radius 1 is 1.02 bits per heavy atom. The fraction of sp³-hybridized carbons (Fsp3) is 0.379. The summed E-state index contributed by atoms with van der Waals surface area (Å²) in [6.45, 7) is 3.44. The number of imide groups is 1. The van der Waals surface area contributed by atoms with E-state index in [2.05, 4.69) is 4.98 Å². The number of benzene rings is 2. The van der Waals surface area contributed by atoms with E-state index in [0.717, 1.165) is 47.3 Å². The summed E-state index contributed by atoms with van der Waals surface area (Å²) < 4.78 is 11.8. The first-order valence-electron chi connectivity index (χ1n) is 14.0. The largest absolute Gasteiger partial charge is 0.490 e. The molecule has 3 aliphatic rings. The number of nitrogens with zero attached hydrogens (tertiary/aromatic N) is 3. The van der Waals surface area contributed by atoms with E-state index in [1.54, 1.807) is 23.1 Å². The third-order valence-electron chi connectivity index (χ3n) is 7.83. The molecule has 2 fully saturated rings. The molecule has 6 rings (SSSR count). The number of non-ortho nitro benzene ring substituents is 1. The summed E-state index contributed by atoms with van der Waals surface area (Å²) >= 11 is 2.13. The second-order valence-electron chi connectivity index (χ2n) is 10.4. The lowest BCUT2D eigenvalue weighted by Gasteiger charge is -2.30. The quantitative estimate of drug-likeness (QED) is 0.223. The Kier molecular flexibility index (Phi) is 7.97. The van der Waals surface area contributed by atoms with E-state index in [1.165, 1.54) is 24.3 Å². The van der Waals surface area contributed by atoms with Gasteiger partial charge in [-0.3, -0.25) is 29.3 Å². The molecule has 14 heteroatoms. The number of thiazole rings is 1. The lowest BCUT2D eigenvalue weighted by Crippen LogP contribution is -2.38. The maximum absolute atomic E-state index is 14.0. The number of nitrogens with one attached hydrogen (secondary N) is 1. The standard InChI is InChI=1S/C29H28N4O8S2/c1-2-40-20-14-16(6-11-19(20)41-15-21(34)31-12-4-3-5-13-31)22-23-25(42-26-24(22)43-29(37)30-26)28(36)32(27(23)35)17-7-9-18(10-8-17)33(38)39/h6-11,14,22-23,25H,2-5,12-13,15H2,1H3,(H,30,37)/t22-,23?,25?/m1/s1. The molecule has 0 bridgehead atoms. The van der Waals surface area contributed by atoms with Gasteiger partial charge in [-0.25, -0.2) is 4.90 Å². The van der Waals surface area contributed by atoms with Crippen LogP contribution >= 0.6 is 23.1 Å². The molecule has 4 heterocycles. The number of thioether (sulfide) groups is 1. The Morgan fingerprint density at radius 2 is 1.77 bits per heavy atom. The highest BCUT2D eigenvalue weighted by atomic mass is 32.2. The molecule has 12 nitrogen and oxygen atoms in total. The second-order valence-corrected chi connectivity index (χ2v) is 12.6. The number of likely N-dealkylation sites (tertiary alicyclic amines) is 1. The topological polar surface area (TPSA) is 152 Å². The van der Waals surface area contributed by atoms with E-state index < -0.39 is 33.8 Å². The van der Waals surface area contributed by atoms with E-state index in [9.17, 15) is 29.3 Å². The van der Waals surface area contributed by atoms with Crippen LogP contribution in [0.15, 0.2) is 52.3 Å². The summed E-state index contributed by atoms with van der Waals surface area (Å²) in [7, 11) is 0. The summed E-state index contributed by atoms with van der Waals surface area (Å²) in [6.07, 6.45) is 3.06. The highest BCUT2D eigenvalue weighted by Gasteiger charge is 2.56. The van der Waals surface area contributed by atoms with Gasteiger partial charge < -0.3 is 19.4 Å². The summed E-state index contributed by atoms with van der Waals surface area (Å²) in [5.74, 6) is -1.74. The van der Waals surface area contributed by atoms with Gasteiger partial charge in [-0.15, -0.1) is 0 Å². The molecule has 1 aromatic heterocycles. The van der Waals surface area contributed by atoms with Crippen LogP contribution in [0.2, 0.25) is 0 Å². The van der Waals surface area contributed by atoms with Gasteiger partial charge in [0.25, 0.3) is 11.6 Å². The molecular weight excluding hydrogens is 596 g/mol. The smallest absolute Gasteiger partial charge is 0.305 e. The molecule has 3 amide bonds. The zero-order chi connectivity index (χ0) is 30.2. The Labute approximate surface area is 254 Å². The first-order chi connectivity index (χ1) is 20.8. The van der Waals surface area contributed by atoms with Crippen LogP contribution in [0.1, 0.15) is 42.5 Å². The van der Waals surface area contributed by atoms with Crippen molar-refractivity contribution in [2.75, 3.05) is 31.2 Å². The third-order valence-corrected chi connectivity index (χ3v) is 10.2. The molecule has 3 aliphatic heterocycles. The number of H-pyrrole nitrogens is 1. The van der Waals surface area contributed by atoms with Gasteiger partial charge in [-0.2, -0.15) is 0 Å². The predicted molar refractivity (Wildman–Crippen MR) is 159 cm³/mol. The van der Waals surface area contributed by atoms with Crippen molar-refractivity contribution in [2.24, 2.45) is 5.92 Å². The van der Waals surface area contributed by atoms with Crippen molar-refractivity contribution in [3.8, 4) is 11.5 Å². The van der Waals surface area contributed by atoms with Gasteiger partial charge in [0.15, 0.2) is 18.1 Å². The molecule has 0 aliphatic carbocycles. The zero-order valence-corrected chi connectivity index (χ0v) is 24.8. The van der Waals surface area contributed by atoms with Crippen molar-refractivity contribution in [3.63, 3.8) is 0 Å². The number of piperidine rings is 1. The molecule has 2 aromatic carbocycles. The van der Waals surface area contributed by atoms with Crippen molar-refractivity contribution < 1.29 is 28.8 Å². The fourth-order valence-corrected chi connectivity index (χ4v) is 8.35. The molecule has 43 heavy (non-hydrogen) atoms. The predicted octanol–water partition coefficient (Wildman–Crippen LogP) is 3.93. The number of carbonyl (C=O) groups is 3. The molecule has 3 aromatic rings. The van der Waals surface area contributed by atoms with Crippen LogP contribution in [0.25, 0.3) is 0 Å². The molecule has 0 radical (unpaired) electrons. The number of carbonyl (C=O) groups excluding carboxylic acids is 3. The van der Waals surface area contributed by atoms with E-state index >= 15 is 0 Å². The van der Waals surface area contributed by atoms with Crippen LogP contribution in [0.3, 0.4) is 0 Å². The third kappa shape index (κ3) is 5.40. The summed E-state index contributed by atoms with van der Waals surface area (Å²) in [5, 5.41) is 10.8. The molecule has 0 spiro atoms. The average molecular weight is 625 g/mol. The van der Waals surface area contributed by atoms with Crippen LogP contribution < -0.4 is 19.2 Å². The molecule has 3 atom stereocenters. The number of anilines is 1. The summed E-state index contributed by atoms with van der Waals surface area (Å²) in [6, 6.07) is 10.5. The lowest BCUT2D eigenvalue weighted by molar-refractivity contribution is -0.384. The first-order valence-corrected chi connectivity index (χ1v) is 15.7. The minimum Gasteiger partial charge on any atom is -0.490 e. The number of hydrogen-bond donors (Lipinski definition) is 1. The van der Waals surface area contributed by atoms with Crippen LogP contribution in [-0.4, -0.2) is 64.1 Å². The normalized spacial score (nSPS) is 21.4. The minimum atomic E-state index is -0.839. The van der Waals surface area contributed by atoms with Crippen molar-refractivity contribution in [1.82, 2.24) is 9.88 Å². The van der Waals surface area contributed by atoms with Crippen LogP contribution in [0.4, 0.5) is 11.4 Å². The van der Waals surface area contributed by atoms with Gasteiger partial charge in [-0.1, -0.05) is 29.2 Å². The number of fused-ring (bicyclic) bond motifs is 2. The molecular formula is C29H28N4O8S2. The van der Waals surface area contributed by atoms with Crippen molar-refractivity contribution >= 4 is 52.2 Å². The van der Waals surface area contributed by atoms with Crippen LogP contribution in [0.5, 0.6) is 11.5 Å². The minimum absolute atomic E-state index is 0.0958. The van der Waals surface area contributed by atoms with E-state index in [4.69, 9.17) is 9.47 Å². The Morgan fingerprint density at radius 3 is 2.47 bits per heavy atom. The van der Waals surface area contributed by atoms with Crippen LogP contribution in [0, 0.1) is 16.0 Å².